The van der Waals surface area contributed by atoms with Gasteiger partial charge in [-0.15, -0.1) is 0 Å². The van der Waals surface area contributed by atoms with Crippen molar-refractivity contribution in [3.63, 3.8) is 0 Å². The quantitative estimate of drug-likeness (QED) is 0.510. The average Bonchev–Trinajstić information content (AvgIpc) is 3.03. The molecule has 4 rings (SSSR count). The molecule has 2 aliphatic rings. The van der Waals surface area contributed by atoms with Gasteiger partial charge in [0.25, 0.3) is 23.6 Å². The summed E-state index contributed by atoms with van der Waals surface area (Å²) >= 11 is 5.94. The summed E-state index contributed by atoms with van der Waals surface area (Å²) in [5.74, 6) is -2.31. The van der Waals surface area contributed by atoms with E-state index in [-0.39, 0.29) is 46.7 Å². The highest BCUT2D eigenvalue weighted by atomic mass is 35.5. The number of halogens is 1. The van der Waals surface area contributed by atoms with E-state index in [2.05, 4.69) is 10.3 Å². The first-order valence-corrected chi connectivity index (χ1v) is 10.5. The number of para-hydroxylation sites is 1. The lowest BCUT2D eigenvalue weighted by molar-refractivity contribution is -0.135. The lowest BCUT2D eigenvalue weighted by Gasteiger charge is -2.34. The summed E-state index contributed by atoms with van der Waals surface area (Å²) in [4.78, 5) is 57.7. The normalized spacial score (nSPS) is 16.5. The lowest BCUT2D eigenvalue weighted by atomic mass is 10.1. The average molecular weight is 470 g/mol. The zero-order valence-electron chi connectivity index (χ0n) is 17.6. The third-order valence-electron chi connectivity index (χ3n) is 5.49. The molecule has 2 N–H and O–H groups in total. The molecule has 0 radical (unpaired) electrons. The molecular weight excluding hydrogens is 450 g/mol. The molecule has 3 heterocycles. The number of likely N-dealkylation sites (N-methyl/N-ethyl adjacent to an activating group) is 1. The minimum atomic E-state index is -0.658. The van der Waals surface area contributed by atoms with Gasteiger partial charge in [-0.25, -0.2) is 0 Å². The number of carbonyl (C=O) groups is 4. The third kappa shape index (κ3) is 4.12. The zero-order valence-corrected chi connectivity index (χ0v) is 18.4. The van der Waals surface area contributed by atoms with E-state index in [0.29, 0.717) is 18.8 Å². The molecule has 1 aromatic heterocycles. The number of hydrogen-bond donors (Lipinski definition) is 2. The number of imide groups is 1. The number of amides is 4. The number of anilines is 1. The van der Waals surface area contributed by atoms with E-state index in [1.165, 1.54) is 30.1 Å². The van der Waals surface area contributed by atoms with Crippen LogP contribution in [0.1, 0.15) is 20.8 Å². The zero-order chi connectivity index (χ0) is 23.7. The molecule has 0 bridgehead atoms. The summed E-state index contributed by atoms with van der Waals surface area (Å²) in [6.07, 6.45) is 1.55. The first-order valence-electron chi connectivity index (χ1n) is 10.1. The lowest BCUT2D eigenvalue weighted by Crippen LogP contribution is -2.50. The largest absolute Gasteiger partial charge is 0.505 e. The van der Waals surface area contributed by atoms with Crippen LogP contribution in [0.3, 0.4) is 0 Å². The number of nitrogens with one attached hydrogen (secondary N) is 1. The van der Waals surface area contributed by atoms with E-state index in [0.717, 1.165) is 4.90 Å². The predicted molar refractivity (Wildman–Crippen MR) is 118 cm³/mol. The van der Waals surface area contributed by atoms with Crippen molar-refractivity contribution in [1.82, 2.24) is 19.7 Å². The van der Waals surface area contributed by atoms with Crippen LogP contribution >= 0.6 is 11.6 Å². The van der Waals surface area contributed by atoms with E-state index in [1.807, 2.05) is 0 Å². The van der Waals surface area contributed by atoms with Crippen molar-refractivity contribution in [2.45, 2.75) is 0 Å². The SMILES string of the molecule is CN1C(=O)C(Cl)=C(Nc2cccc(C(=O)N3CCN(C(=O)c4ccccn4)CC3)c2O)C1=O. The van der Waals surface area contributed by atoms with Crippen molar-refractivity contribution >= 4 is 40.9 Å². The van der Waals surface area contributed by atoms with Gasteiger partial charge in [-0.2, -0.15) is 0 Å². The summed E-state index contributed by atoms with van der Waals surface area (Å²) in [6.45, 7) is 1.21. The van der Waals surface area contributed by atoms with Crippen LogP contribution in [0.25, 0.3) is 0 Å². The van der Waals surface area contributed by atoms with Crippen molar-refractivity contribution in [2.75, 3.05) is 38.5 Å². The molecule has 4 amide bonds. The molecule has 0 spiro atoms. The Bertz CT molecular complexity index is 1170. The topological polar surface area (TPSA) is 123 Å². The van der Waals surface area contributed by atoms with Crippen LogP contribution < -0.4 is 5.32 Å². The fourth-order valence-corrected chi connectivity index (χ4v) is 3.86. The molecular formula is C22H20ClN5O5. The highest BCUT2D eigenvalue weighted by Gasteiger charge is 2.36. The molecule has 10 nitrogen and oxygen atoms in total. The van der Waals surface area contributed by atoms with Gasteiger partial charge in [0.15, 0.2) is 5.75 Å². The molecule has 1 aromatic carbocycles. The second-order valence-corrected chi connectivity index (χ2v) is 7.86. The number of phenolic OH excluding ortho intramolecular Hbond substituents is 1. The summed E-state index contributed by atoms with van der Waals surface area (Å²) in [5, 5.41) is 13.0. The van der Waals surface area contributed by atoms with Gasteiger partial charge in [0.05, 0.1) is 11.3 Å². The summed E-state index contributed by atoms with van der Waals surface area (Å²) in [7, 11) is 1.29. The summed E-state index contributed by atoms with van der Waals surface area (Å²) < 4.78 is 0. The number of piperazine rings is 1. The molecule has 1 saturated heterocycles. The predicted octanol–water partition coefficient (Wildman–Crippen LogP) is 1.25. The van der Waals surface area contributed by atoms with Gasteiger partial charge in [0.2, 0.25) is 0 Å². The Morgan fingerprint density at radius 2 is 1.64 bits per heavy atom. The highest BCUT2D eigenvalue weighted by molar-refractivity contribution is 6.48. The first-order chi connectivity index (χ1) is 15.8. The Kier molecular flexibility index (Phi) is 6.01. The van der Waals surface area contributed by atoms with Gasteiger partial charge in [0.1, 0.15) is 16.4 Å². The van der Waals surface area contributed by atoms with Crippen LogP contribution in [-0.4, -0.2) is 81.6 Å². The summed E-state index contributed by atoms with van der Waals surface area (Å²) in [5.41, 5.74) is 0.249. The van der Waals surface area contributed by atoms with Crippen molar-refractivity contribution in [3.05, 3.63) is 64.6 Å². The summed E-state index contributed by atoms with van der Waals surface area (Å²) in [6, 6.07) is 9.56. The van der Waals surface area contributed by atoms with Crippen molar-refractivity contribution in [3.8, 4) is 5.75 Å². The number of nitrogens with zero attached hydrogens (tertiary/aromatic N) is 4. The minimum absolute atomic E-state index is 0.0198. The second-order valence-electron chi connectivity index (χ2n) is 7.48. The molecule has 0 saturated carbocycles. The fourth-order valence-electron chi connectivity index (χ4n) is 3.60. The maximum atomic E-state index is 13.0. The van der Waals surface area contributed by atoms with E-state index < -0.39 is 17.7 Å². The van der Waals surface area contributed by atoms with Crippen LogP contribution in [0.5, 0.6) is 5.75 Å². The molecule has 2 aliphatic heterocycles. The molecule has 170 valence electrons. The van der Waals surface area contributed by atoms with E-state index in [1.54, 1.807) is 29.3 Å². The second kappa shape index (κ2) is 8.91. The molecule has 0 atom stereocenters. The maximum absolute atomic E-state index is 13.0. The molecule has 11 heteroatoms. The molecule has 1 fully saturated rings. The van der Waals surface area contributed by atoms with Gasteiger partial charge in [-0.05, 0) is 24.3 Å². The van der Waals surface area contributed by atoms with Gasteiger partial charge >= 0.3 is 0 Å². The van der Waals surface area contributed by atoms with Gasteiger partial charge in [-0.1, -0.05) is 23.7 Å². The Hall–Kier alpha value is -3.92. The molecule has 0 unspecified atom stereocenters. The number of phenols is 1. The third-order valence-corrected chi connectivity index (χ3v) is 5.85. The number of aromatic hydroxyl groups is 1. The maximum Gasteiger partial charge on any atom is 0.278 e. The van der Waals surface area contributed by atoms with Gasteiger partial charge in [-0.3, -0.25) is 29.1 Å². The van der Waals surface area contributed by atoms with Crippen molar-refractivity contribution < 1.29 is 24.3 Å². The Morgan fingerprint density at radius 3 is 2.21 bits per heavy atom. The number of aromatic nitrogens is 1. The Balaban J connectivity index is 1.46. The van der Waals surface area contributed by atoms with Crippen molar-refractivity contribution in [1.29, 1.82) is 0 Å². The first kappa shape index (κ1) is 22.3. The molecule has 33 heavy (non-hydrogen) atoms. The fraction of sp³-hybridized carbons (Fsp3) is 0.227. The highest BCUT2D eigenvalue weighted by Crippen LogP contribution is 2.32. The minimum Gasteiger partial charge on any atom is -0.505 e. The van der Waals surface area contributed by atoms with Crippen LogP contribution in [-0.2, 0) is 9.59 Å². The number of rotatable bonds is 4. The number of hydrogen-bond acceptors (Lipinski definition) is 7. The Labute approximate surface area is 194 Å². The van der Waals surface area contributed by atoms with E-state index in [4.69, 9.17) is 11.6 Å². The number of pyridine rings is 1. The van der Waals surface area contributed by atoms with Gasteiger partial charge in [0, 0.05) is 39.4 Å². The number of carbonyl (C=O) groups excluding carboxylic acids is 4. The van der Waals surface area contributed by atoms with E-state index in [9.17, 15) is 24.3 Å². The molecule has 0 aliphatic carbocycles. The van der Waals surface area contributed by atoms with Gasteiger partial charge < -0.3 is 20.2 Å². The van der Waals surface area contributed by atoms with Crippen LogP contribution in [0.15, 0.2) is 53.3 Å². The molecule has 2 aromatic rings. The Morgan fingerprint density at radius 1 is 0.970 bits per heavy atom. The monoisotopic (exact) mass is 469 g/mol. The van der Waals surface area contributed by atoms with Crippen LogP contribution in [0.4, 0.5) is 5.69 Å². The number of benzene rings is 1. The smallest absolute Gasteiger partial charge is 0.278 e. The van der Waals surface area contributed by atoms with Crippen LogP contribution in [0.2, 0.25) is 0 Å². The van der Waals surface area contributed by atoms with Crippen LogP contribution in [0, 0.1) is 0 Å². The standard InChI is InChI=1S/C22H20ClN5O5/c1-26-21(32)16(23)17(22(26)33)25-14-7-4-5-13(18(14)29)19(30)27-9-11-28(12-10-27)20(31)15-6-2-3-8-24-15/h2-8,25,29H,9-12H2,1H3. The van der Waals surface area contributed by atoms with E-state index >= 15 is 0 Å². The van der Waals surface area contributed by atoms with Crippen molar-refractivity contribution in [2.24, 2.45) is 0 Å².